The summed E-state index contributed by atoms with van der Waals surface area (Å²) in [6.45, 7) is 6.56. The summed E-state index contributed by atoms with van der Waals surface area (Å²) in [4.78, 5) is 0. The first kappa shape index (κ1) is 17.6. The molecule has 0 amide bonds. The number of para-hydroxylation sites is 1. The van der Waals surface area contributed by atoms with E-state index < -0.39 is 0 Å². The third kappa shape index (κ3) is 3.83. The fourth-order valence-electron chi connectivity index (χ4n) is 3.20. The molecule has 3 aromatic rings. The zero-order chi connectivity index (χ0) is 18.6. The molecule has 1 atom stereocenters. The third-order valence-corrected chi connectivity index (χ3v) is 5.01. The number of nitrogens with zero attached hydrogens (tertiary/aromatic N) is 2. The van der Waals surface area contributed by atoms with Crippen LogP contribution in [0.25, 0.3) is 16.9 Å². The van der Waals surface area contributed by atoms with Crippen molar-refractivity contribution in [1.29, 1.82) is 0 Å². The maximum Gasteiger partial charge on any atom is 0.162 e. The van der Waals surface area contributed by atoms with Crippen LogP contribution in [-0.4, -0.2) is 29.0 Å². The lowest BCUT2D eigenvalue weighted by atomic mass is 10.1. The molecule has 27 heavy (non-hydrogen) atoms. The standard InChI is InChI=1S/C22H25N3O2/c1-3-16(2)23-14-18-15-25(19-7-5-4-6-8-19)24-22(18)17-9-10-20-21(13-17)27-12-11-26-20/h4-10,13,15-16,23H,3,11-12,14H2,1-2H3/p+1/t16-/m1/s1. The summed E-state index contributed by atoms with van der Waals surface area (Å²) in [6.07, 6.45) is 3.28. The largest absolute Gasteiger partial charge is 0.486 e. The molecule has 5 heteroatoms. The Labute approximate surface area is 159 Å². The highest BCUT2D eigenvalue weighted by Gasteiger charge is 2.18. The van der Waals surface area contributed by atoms with Crippen LogP contribution in [0.4, 0.5) is 0 Å². The van der Waals surface area contributed by atoms with Gasteiger partial charge in [0.1, 0.15) is 25.5 Å². The van der Waals surface area contributed by atoms with Gasteiger partial charge in [-0.25, -0.2) is 4.68 Å². The van der Waals surface area contributed by atoms with Crippen LogP contribution in [0.15, 0.2) is 54.7 Å². The number of hydrogen-bond donors (Lipinski definition) is 1. The van der Waals surface area contributed by atoms with Crippen molar-refractivity contribution >= 4 is 0 Å². The molecule has 0 fully saturated rings. The molecule has 2 N–H and O–H groups in total. The van der Waals surface area contributed by atoms with Crippen molar-refractivity contribution in [3.05, 3.63) is 60.3 Å². The Morgan fingerprint density at radius 1 is 1.07 bits per heavy atom. The zero-order valence-corrected chi connectivity index (χ0v) is 15.9. The van der Waals surface area contributed by atoms with Gasteiger partial charge in [-0.2, -0.15) is 5.10 Å². The second-order valence-corrected chi connectivity index (χ2v) is 6.97. The number of ether oxygens (including phenoxy) is 2. The molecule has 4 rings (SSSR count). The first-order chi connectivity index (χ1) is 13.2. The maximum absolute atomic E-state index is 5.77. The van der Waals surface area contributed by atoms with Crippen molar-refractivity contribution < 1.29 is 14.8 Å². The number of aromatic nitrogens is 2. The second-order valence-electron chi connectivity index (χ2n) is 6.97. The van der Waals surface area contributed by atoms with Gasteiger partial charge in [-0.1, -0.05) is 25.1 Å². The topological polar surface area (TPSA) is 52.9 Å². The van der Waals surface area contributed by atoms with E-state index in [0.29, 0.717) is 19.3 Å². The molecular formula is C22H26N3O2+. The number of rotatable bonds is 6. The molecule has 1 aromatic heterocycles. The Kier molecular flexibility index (Phi) is 5.12. The van der Waals surface area contributed by atoms with Crippen molar-refractivity contribution in [2.45, 2.75) is 32.9 Å². The van der Waals surface area contributed by atoms with Crippen LogP contribution >= 0.6 is 0 Å². The van der Waals surface area contributed by atoms with Gasteiger partial charge in [0, 0.05) is 11.8 Å². The Morgan fingerprint density at radius 2 is 1.85 bits per heavy atom. The van der Waals surface area contributed by atoms with E-state index in [-0.39, 0.29) is 0 Å². The summed E-state index contributed by atoms with van der Waals surface area (Å²) < 4.78 is 13.4. The smallest absolute Gasteiger partial charge is 0.162 e. The van der Waals surface area contributed by atoms with Crippen molar-refractivity contribution in [3.63, 3.8) is 0 Å². The Balaban J connectivity index is 1.72. The molecule has 2 aromatic carbocycles. The molecule has 0 aliphatic carbocycles. The molecule has 2 heterocycles. The van der Waals surface area contributed by atoms with Gasteiger partial charge < -0.3 is 14.8 Å². The molecule has 0 saturated carbocycles. The van der Waals surface area contributed by atoms with E-state index in [0.717, 1.165) is 41.4 Å². The minimum atomic E-state index is 0.582. The summed E-state index contributed by atoms with van der Waals surface area (Å²) in [5.41, 5.74) is 4.33. The molecule has 0 bridgehead atoms. The molecule has 0 saturated heterocycles. The quantitative estimate of drug-likeness (QED) is 0.731. The first-order valence-corrected chi connectivity index (χ1v) is 9.62. The summed E-state index contributed by atoms with van der Waals surface area (Å²) in [5.74, 6) is 1.60. The summed E-state index contributed by atoms with van der Waals surface area (Å²) in [7, 11) is 0. The fraction of sp³-hybridized carbons (Fsp3) is 0.318. The van der Waals surface area contributed by atoms with Gasteiger partial charge in [0.25, 0.3) is 0 Å². The molecule has 0 unspecified atom stereocenters. The van der Waals surface area contributed by atoms with Gasteiger partial charge in [0.15, 0.2) is 11.5 Å². The molecule has 0 spiro atoms. The van der Waals surface area contributed by atoms with Gasteiger partial charge in [0.2, 0.25) is 0 Å². The highest BCUT2D eigenvalue weighted by atomic mass is 16.6. The number of nitrogens with two attached hydrogens (primary N) is 1. The van der Waals surface area contributed by atoms with Gasteiger partial charge in [-0.15, -0.1) is 0 Å². The van der Waals surface area contributed by atoms with Gasteiger partial charge >= 0.3 is 0 Å². The molecule has 1 aliphatic rings. The van der Waals surface area contributed by atoms with E-state index in [1.165, 1.54) is 5.56 Å². The Bertz CT molecular complexity index is 905. The first-order valence-electron chi connectivity index (χ1n) is 9.62. The monoisotopic (exact) mass is 364 g/mol. The van der Waals surface area contributed by atoms with Crippen LogP contribution < -0.4 is 14.8 Å². The van der Waals surface area contributed by atoms with Gasteiger partial charge in [-0.05, 0) is 43.7 Å². The number of fused-ring (bicyclic) bond motifs is 1. The van der Waals surface area contributed by atoms with Crippen molar-refractivity contribution in [1.82, 2.24) is 9.78 Å². The highest BCUT2D eigenvalue weighted by Crippen LogP contribution is 2.35. The minimum absolute atomic E-state index is 0.582. The van der Waals surface area contributed by atoms with Crippen LogP contribution in [0, 0.1) is 0 Å². The zero-order valence-electron chi connectivity index (χ0n) is 15.9. The Hall–Kier alpha value is -2.79. The average Bonchev–Trinajstić information content (AvgIpc) is 3.16. The lowest BCUT2D eigenvalue weighted by molar-refractivity contribution is -0.701. The van der Waals surface area contributed by atoms with Gasteiger partial charge in [-0.3, -0.25) is 0 Å². The lowest BCUT2D eigenvalue weighted by Crippen LogP contribution is -2.87. The van der Waals surface area contributed by atoms with E-state index in [1.54, 1.807) is 0 Å². The number of hydrogen-bond acceptors (Lipinski definition) is 3. The van der Waals surface area contributed by atoms with E-state index in [9.17, 15) is 0 Å². The minimum Gasteiger partial charge on any atom is -0.486 e. The average molecular weight is 364 g/mol. The molecule has 140 valence electrons. The van der Waals surface area contributed by atoms with E-state index in [2.05, 4.69) is 43.6 Å². The fourth-order valence-corrected chi connectivity index (χ4v) is 3.20. The highest BCUT2D eigenvalue weighted by molar-refractivity contribution is 5.67. The summed E-state index contributed by atoms with van der Waals surface area (Å²) in [5, 5.41) is 7.27. The summed E-state index contributed by atoms with van der Waals surface area (Å²) in [6, 6.07) is 16.9. The number of benzene rings is 2. The SMILES string of the molecule is CC[C@@H](C)[NH2+]Cc1cn(-c2ccccc2)nc1-c1ccc2c(c1)OCCO2. The third-order valence-electron chi connectivity index (χ3n) is 5.01. The summed E-state index contributed by atoms with van der Waals surface area (Å²) >= 11 is 0. The van der Waals surface area contributed by atoms with E-state index in [4.69, 9.17) is 14.6 Å². The van der Waals surface area contributed by atoms with Crippen molar-refractivity contribution in [2.24, 2.45) is 0 Å². The predicted molar refractivity (Wildman–Crippen MR) is 105 cm³/mol. The van der Waals surface area contributed by atoms with Crippen LogP contribution in [0.2, 0.25) is 0 Å². The Morgan fingerprint density at radius 3 is 2.63 bits per heavy atom. The van der Waals surface area contributed by atoms with E-state index in [1.807, 2.05) is 35.0 Å². The van der Waals surface area contributed by atoms with Crippen molar-refractivity contribution in [2.75, 3.05) is 13.2 Å². The predicted octanol–water partition coefficient (Wildman–Crippen LogP) is 3.17. The van der Waals surface area contributed by atoms with Crippen LogP contribution in [0.5, 0.6) is 11.5 Å². The van der Waals surface area contributed by atoms with Crippen LogP contribution in [-0.2, 0) is 6.54 Å². The van der Waals surface area contributed by atoms with E-state index >= 15 is 0 Å². The van der Waals surface area contributed by atoms with Crippen molar-refractivity contribution in [3.8, 4) is 28.4 Å². The maximum atomic E-state index is 5.77. The van der Waals surface area contributed by atoms with Crippen LogP contribution in [0.3, 0.4) is 0 Å². The number of quaternary nitrogens is 1. The lowest BCUT2D eigenvalue weighted by Gasteiger charge is -2.18. The molecular weight excluding hydrogens is 338 g/mol. The molecule has 1 aliphatic heterocycles. The second kappa shape index (κ2) is 7.84. The normalized spacial score (nSPS) is 14.1. The molecule has 5 nitrogen and oxygen atoms in total. The van der Waals surface area contributed by atoms with Gasteiger partial charge in [0.05, 0.1) is 17.3 Å². The van der Waals surface area contributed by atoms with Crippen LogP contribution in [0.1, 0.15) is 25.8 Å². The molecule has 0 radical (unpaired) electrons.